The van der Waals surface area contributed by atoms with Gasteiger partial charge >= 0.3 is 5.97 Å². The average Bonchev–Trinajstić information content (AvgIpc) is 1.79. The summed E-state index contributed by atoms with van der Waals surface area (Å²) in [7, 11) is 0. The third-order valence-corrected chi connectivity index (χ3v) is 1.71. The maximum Gasteiger partial charge on any atom is 0.304 e. The quantitative estimate of drug-likeness (QED) is 0.611. The van der Waals surface area contributed by atoms with E-state index in [4.69, 9.17) is 39.9 Å². The number of carboxylic acids is 1. The maximum absolute atomic E-state index is 10.4. The molecular weight excluding hydrogens is 234 g/mol. The van der Waals surface area contributed by atoms with Crippen LogP contribution in [0.5, 0.6) is 0 Å². The summed E-state index contributed by atoms with van der Waals surface area (Å²) in [5, 5.41) is 8.55. The zero-order valence-electron chi connectivity index (χ0n) is 7.35. The van der Waals surface area contributed by atoms with Gasteiger partial charge in [0.2, 0.25) is 3.79 Å². The number of aliphatic carboxylic acids is 1. The summed E-state index contributed by atoms with van der Waals surface area (Å²) in [4.78, 5) is 10.4. The van der Waals surface area contributed by atoms with E-state index in [9.17, 15) is 4.79 Å². The molecule has 0 rings (SSSR count). The monoisotopic (exact) mass is 244 g/mol. The van der Waals surface area contributed by atoms with E-state index in [1.165, 1.54) is 6.08 Å². The number of carbonyl (C=O) groups is 1. The summed E-state index contributed by atoms with van der Waals surface area (Å²) in [6, 6.07) is 0. The highest BCUT2D eigenvalue weighted by molar-refractivity contribution is 6.68. The van der Waals surface area contributed by atoms with E-state index in [0.717, 1.165) is 0 Å². The smallest absolute Gasteiger partial charge is 0.304 e. The number of rotatable bonds is 3. The molecule has 76 valence electrons. The van der Waals surface area contributed by atoms with Crippen molar-refractivity contribution in [2.45, 2.75) is 24.1 Å². The van der Waals surface area contributed by atoms with Crippen molar-refractivity contribution in [3.8, 4) is 0 Å². The van der Waals surface area contributed by atoms with Gasteiger partial charge in [0, 0.05) is 0 Å². The minimum Gasteiger partial charge on any atom is -0.481 e. The Morgan fingerprint density at radius 3 is 2.08 bits per heavy atom. The minimum atomic E-state index is -1.46. The molecule has 0 aliphatic rings. The molecule has 0 fully saturated rings. The van der Waals surface area contributed by atoms with Gasteiger partial charge in [-0.05, 0) is 11.5 Å². The van der Waals surface area contributed by atoms with E-state index in [-0.39, 0.29) is 6.42 Å². The maximum atomic E-state index is 10.4. The normalized spacial score (nSPS) is 13.6. The summed E-state index contributed by atoms with van der Waals surface area (Å²) in [5.41, 5.74) is -0.504. The van der Waals surface area contributed by atoms with Gasteiger partial charge in [0.15, 0.2) is 0 Å². The molecule has 0 spiro atoms. The highest BCUT2D eigenvalue weighted by Crippen LogP contribution is 2.31. The second-order valence-corrected chi connectivity index (χ2v) is 5.80. The van der Waals surface area contributed by atoms with Crippen LogP contribution in [-0.2, 0) is 4.79 Å². The fraction of sp³-hybridized carbons (Fsp3) is 0.625. The Bertz CT molecular complexity index is 216. The van der Waals surface area contributed by atoms with Crippen molar-refractivity contribution in [1.29, 1.82) is 0 Å². The van der Waals surface area contributed by atoms with Gasteiger partial charge in [0.05, 0.1) is 6.42 Å². The molecule has 0 atom stereocenters. The second-order valence-electron chi connectivity index (χ2n) is 3.43. The summed E-state index contributed by atoms with van der Waals surface area (Å²) >= 11 is 16.4. The van der Waals surface area contributed by atoms with Crippen LogP contribution >= 0.6 is 34.8 Å². The average molecular weight is 246 g/mol. The molecule has 0 saturated carbocycles. The third-order valence-electron chi connectivity index (χ3n) is 1.33. The number of hydrogen-bond donors (Lipinski definition) is 1. The number of allylic oxidation sites excluding steroid dienone is 2. The van der Waals surface area contributed by atoms with Crippen LogP contribution in [0.2, 0.25) is 0 Å². The van der Waals surface area contributed by atoms with Crippen LogP contribution in [0.1, 0.15) is 20.3 Å². The van der Waals surface area contributed by atoms with E-state index >= 15 is 0 Å². The lowest BCUT2D eigenvalue weighted by Crippen LogP contribution is -2.14. The largest absolute Gasteiger partial charge is 0.481 e. The number of carboxylic acid groups (broad SMARTS) is 1. The number of halogens is 3. The van der Waals surface area contributed by atoms with Gasteiger partial charge in [-0.25, -0.2) is 0 Å². The minimum absolute atomic E-state index is 0.00421. The van der Waals surface area contributed by atoms with Crippen LogP contribution in [0.4, 0.5) is 0 Å². The highest BCUT2D eigenvalue weighted by atomic mass is 35.6. The van der Waals surface area contributed by atoms with Crippen LogP contribution in [0.15, 0.2) is 12.2 Å². The Balaban J connectivity index is 4.33. The summed E-state index contributed by atoms with van der Waals surface area (Å²) in [5.74, 6) is -0.876. The van der Waals surface area contributed by atoms with Crippen molar-refractivity contribution < 1.29 is 9.90 Å². The zero-order chi connectivity index (χ0) is 10.7. The van der Waals surface area contributed by atoms with E-state index in [0.29, 0.717) is 0 Å². The van der Waals surface area contributed by atoms with E-state index in [2.05, 4.69) is 0 Å². The molecule has 0 aliphatic carbocycles. The number of hydrogen-bond acceptors (Lipinski definition) is 1. The van der Waals surface area contributed by atoms with Gasteiger partial charge in [0.1, 0.15) is 0 Å². The topological polar surface area (TPSA) is 37.3 Å². The van der Waals surface area contributed by atoms with Crippen molar-refractivity contribution in [2.75, 3.05) is 0 Å². The van der Waals surface area contributed by atoms with Gasteiger partial charge in [0.25, 0.3) is 0 Å². The molecule has 0 saturated heterocycles. The van der Waals surface area contributed by atoms with E-state index in [1.807, 2.05) is 0 Å². The molecule has 0 radical (unpaired) electrons. The first kappa shape index (κ1) is 13.1. The number of alkyl halides is 3. The van der Waals surface area contributed by atoms with Crippen LogP contribution in [-0.4, -0.2) is 14.9 Å². The fourth-order valence-corrected chi connectivity index (χ4v) is 0.958. The first-order chi connectivity index (χ1) is 5.62. The molecule has 0 aromatic heterocycles. The zero-order valence-corrected chi connectivity index (χ0v) is 9.62. The van der Waals surface area contributed by atoms with Gasteiger partial charge in [-0.2, -0.15) is 0 Å². The lowest BCUT2D eigenvalue weighted by atomic mass is 9.89. The second kappa shape index (κ2) is 4.54. The van der Waals surface area contributed by atoms with Crippen molar-refractivity contribution >= 4 is 40.8 Å². The Hall–Kier alpha value is 0.0800. The summed E-state index contributed by atoms with van der Waals surface area (Å²) in [6.45, 7) is 3.52. The first-order valence-corrected chi connectivity index (χ1v) is 4.75. The lowest BCUT2D eigenvalue weighted by Gasteiger charge is -2.18. The molecule has 5 heteroatoms. The summed E-state index contributed by atoms with van der Waals surface area (Å²) < 4.78 is -1.46. The Morgan fingerprint density at radius 1 is 1.31 bits per heavy atom. The Morgan fingerprint density at radius 2 is 1.77 bits per heavy atom. The molecule has 0 aliphatic heterocycles. The predicted molar refractivity (Wildman–Crippen MR) is 55.5 cm³/mol. The standard InChI is InChI=1S/C8H11Cl3O2/c1-7(2,5-6(12)13)3-4-8(9,10)11/h3-4H,5H2,1-2H3,(H,12,13). The first-order valence-electron chi connectivity index (χ1n) is 3.61. The van der Waals surface area contributed by atoms with Crippen LogP contribution in [0.25, 0.3) is 0 Å². The molecule has 1 N–H and O–H groups in total. The van der Waals surface area contributed by atoms with Crippen LogP contribution in [0.3, 0.4) is 0 Å². The van der Waals surface area contributed by atoms with E-state index < -0.39 is 15.2 Å². The molecule has 0 bridgehead atoms. The Kier molecular flexibility index (Phi) is 4.56. The van der Waals surface area contributed by atoms with Crippen molar-refractivity contribution in [1.82, 2.24) is 0 Å². The molecular formula is C8H11Cl3O2. The molecule has 0 unspecified atom stereocenters. The molecule has 13 heavy (non-hydrogen) atoms. The molecule has 2 nitrogen and oxygen atoms in total. The van der Waals surface area contributed by atoms with E-state index in [1.54, 1.807) is 19.9 Å². The molecule has 0 amide bonds. The SMILES string of the molecule is CC(C)(C=CC(Cl)(Cl)Cl)CC(=O)O. The highest BCUT2D eigenvalue weighted by Gasteiger charge is 2.21. The molecule has 0 aromatic carbocycles. The van der Waals surface area contributed by atoms with Gasteiger partial charge in [-0.3, -0.25) is 4.79 Å². The van der Waals surface area contributed by atoms with Crippen molar-refractivity contribution in [3.63, 3.8) is 0 Å². The van der Waals surface area contributed by atoms with Gasteiger partial charge in [-0.1, -0.05) is 54.7 Å². The van der Waals surface area contributed by atoms with Gasteiger partial charge in [-0.15, -0.1) is 0 Å². The molecule has 0 heterocycles. The summed E-state index contributed by atoms with van der Waals surface area (Å²) in [6.07, 6.45) is 2.96. The lowest BCUT2D eigenvalue weighted by molar-refractivity contribution is -0.138. The van der Waals surface area contributed by atoms with Crippen molar-refractivity contribution in [2.24, 2.45) is 5.41 Å². The fourth-order valence-electron chi connectivity index (χ4n) is 0.769. The van der Waals surface area contributed by atoms with Crippen LogP contribution in [0, 0.1) is 5.41 Å². The predicted octanol–water partition coefficient (Wildman–Crippen LogP) is 3.41. The van der Waals surface area contributed by atoms with Crippen LogP contribution < -0.4 is 0 Å². The van der Waals surface area contributed by atoms with Crippen molar-refractivity contribution in [3.05, 3.63) is 12.2 Å². The molecule has 0 aromatic rings. The third kappa shape index (κ3) is 8.41. The van der Waals surface area contributed by atoms with Gasteiger partial charge < -0.3 is 5.11 Å². The Labute approximate surface area is 92.5 Å².